The SMILES string of the molecule is Cc1nc(N(C)CC2(N(C)C)CCC2)ncc1C(=O)O. The number of carboxylic acid groups (broad SMARTS) is 1. The highest BCUT2D eigenvalue weighted by atomic mass is 16.4. The zero-order valence-corrected chi connectivity index (χ0v) is 12.6. The van der Waals surface area contributed by atoms with Crippen molar-refractivity contribution in [2.45, 2.75) is 31.7 Å². The number of aryl methyl sites for hydroxylation is 1. The molecular weight excluding hydrogens is 256 g/mol. The van der Waals surface area contributed by atoms with Crippen LogP contribution in [0.15, 0.2) is 6.20 Å². The minimum absolute atomic E-state index is 0.160. The van der Waals surface area contributed by atoms with Crippen LogP contribution in [0.2, 0.25) is 0 Å². The first kappa shape index (κ1) is 14.7. The Morgan fingerprint density at radius 2 is 2.05 bits per heavy atom. The molecule has 110 valence electrons. The molecule has 0 spiro atoms. The van der Waals surface area contributed by atoms with E-state index in [1.54, 1.807) is 6.92 Å². The molecule has 20 heavy (non-hydrogen) atoms. The number of rotatable bonds is 5. The molecule has 1 aliphatic carbocycles. The lowest BCUT2D eigenvalue weighted by atomic mass is 9.75. The molecule has 1 saturated carbocycles. The fourth-order valence-electron chi connectivity index (χ4n) is 2.69. The molecule has 1 aliphatic rings. The lowest BCUT2D eigenvalue weighted by Crippen LogP contribution is -2.57. The van der Waals surface area contributed by atoms with Crippen molar-refractivity contribution in [2.75, 3.05) is 32.6 Å². The molecule has 6 heteroatoms. The van der Waals surface area contributed by atoms with Gasteiger partial charge in [0.2, 0.25) is 5.95 Å². The number of nitrogens with zero attached hydrogens (tertiary/aromatic N) is 4. The van der Waals surface area contributed by atoms with Crippen LogP contribution in [0.3, 0.4) is 0 Å². The van der Waals surface area contributed by atoms with E-state index in [2.05, 4.69) is 29.0 Å². The normalized spacial score (nSPS) is 16.9. The van der Waals surface area contributed by atoms with E-state index >= 15 is 0 Å². The van der Waals surface area contributed by atoms with Crippen LogP contribution < -0.4 is 4.90 Å². The fraction of sp³-hybridized carbons (Fsp3) is 0.643. The molecule has 2 rings (SSSR count). The third-order valence-electron chi connectivity index (χ3n) is 4.30. The molecule has 1 aromatic rings. The molecule has 0 aliphatic heterocycles. The van der Waals surface area contributed by atoms with Gasteiger partial charge in [0.25, 0.3) is 0 Å². The van der Waals surface area contributed by atoms with Crippen LogP contribution in [0.1, 0.15) is 35.3 Å². The Morgan fingerprint density at radius 3 is 2.45 bits per heavy atom. The van der Waals surface area contributed by atoms with Crippen LogP contribution in [-0.4, -0.2) is 59.2 Å². The smallest absolute Gasteiger partial charge is 0.339 e. The van der Waals surface area contributed by atoms with Crippen LogP contribution in [0.25, 0.3) is 0 Å². The molecule has 0 atom stereocenters. The Labute approximate surface area is 119 Å². The third-order valence-corrected chi connectivity index (χ3v) is 4.30. The molecule has 0 unspecified atom stereocenters. The molecule has 0 bridgehead atoms. The third kappa shape index (κ3) is 2.60. The number of carboxylic acids is 1. The molecule has 0 saturated heterocycles. The Kier molecular flexibility index (Phi) is 3.94. The van der Waals surface area contributed by atoms with Gasteiger partial charge in [-0.2, -0.15) is 0 Å². The van der Waals surface area contributed by atoms with Crippen molar-refractivity contribution in [1.82, 2.24) is 14.9 Å². The highest BCUT2D eigenvalue weighted by Crippen LogP contribution is 2.37. The van der Waals surface area contributed by atoms with Gasteiger partial charge in [0, 0.05) is 25.3 Å². The summed E-state index contributed by atoms with van der Waals surface area (Å²) in [4.78, 5) is 23.7. The molecule has 1 heterocycles. The van der Waals surface area contributed by atoms with Crippen LogP contribution in [0, 0.1) is 6.92 Å². The molecule has 1 fully saturated rings. The number of aromatic carboxylic acids is 1. The molecule has 6 nitrogen and oxygen atoms in total. The van der Waals surface area contributed by atoms with Gasteiger partial charge >= 0.3 is 5.97 Å². The van der Waals surface area contributed by atoms with E-state index in [0.717, 1.165) is 6.54 Å². The highest BCUT2D eigenvalue weighted by molar-refractivity contribution is 5.88. The zero-order chi connectivity index (χ0) is 14.9. The summed E-state index contributed by atoms with van der Waals surface area (Å²) in [5, 5.41) is 9.00. The van der Waals surface area contributed by atoms with Gasteiger partial charge in [0.15, 0.2) is 0 Å². The van der Waals surface area contributed by atoms with E-state index in [1.807, 2.05) is 11.9 Å². The minimum atomic E-state index is -0.986. The number of likely N-dealkylation sites (N-methyl/N-ethyl adjacent to an activating group) is 2. The van der Waals surface area contributed by atoms with Gasteiger partial charge in [-0.15, -0.1) is 0 Å². The van der Waals surface area contributed by atoms with Gasteiger partial charge in [-0.1, -0.05) is 0 Å². The first-order chi connectivity index (χ1) is 9.35. The van der Waals surface area contributed by atoms with Crippen molar-refractivity contribution < 1.29 is 9.90 Å². The quantitative estimate of drug-likeness (QED) is 0.878. The standard InChI is InChI=1S/C14H22N4O2/c1-10-11(12(19)20)8-15-13(16-10)18(4)9-14(17(2)3)6-5-7-14/h8H,5-7,9H2,1-4H3,(H,19,20). The summed E-state index contributed by atoms with van der Waals surface area (Å²) in [6.07, 6.45) is 5.00. The lowest BCUT2D eigenvalue weighted by molar-refractivity contribution is 0.0678. The summed E-state index contributed by atoms with van der Waals surface area (Å²) in [6.45, 7) is 2.55. The van der Waals surface area contributed by atoms with Gasteiger partial charge in [-0.25, -0.2) is 14.8 Å². The van der Waals surface area contributed by atoms with E-state index in [9.17, 15) is 4.79 Å². The van der Waals surface area contributed by atoms with Gasteiger partial charge in [0.1, 0.15) is 0 Å². The number of hydrogen-bond donors (Lipinski definition) is 1. The molecule has 0 aromatic carbocycles. The van der Waals surface area contributed by atoms with Crippen molar-refractivity contribution in [1.29, 1.82) is 0 Å². The fourth-order valence-corrected chi connectivity index (χ4v) is 2.69. The van der Waals surface area contributed by atoms with Gasteiger partial charge in [0.05, 0.1) is 11.3 Å². The second kappa shape index (κ2) is 5.36. The summed E-state index contributed by atoms with van der Waals surface area (Å²) in [7, 11) is 6.16. The van der Waals surface area contributed by atoms with Crippen molar-refractivity contribution >= 4 is 11.9 Å². The average Bonchev–Trinajstić information content (AvgIpc) is 2.32. The topological polar surface area (TPSA) is 69.6 Å². The van der Waals surface area contributed by atoms with Crippen molar-refractivity contribution in [3.63, 3.8) is 0 Å². The number of anilines is 1. The van der Waals surface area contributed by atoms with E-state index in [-0.39, 0.29) is 11.1 Å². The van der Waals surface area contributed by atoms with E-state index in [0.29, 0.717) is 11.6 Å². The van der Waals surface area contributed by atoms with Crippen LogP contribution in [0.4, 0.5) is 5.95 Å². The molecule has 0 amide bonds. The maximum atomic E-state index is 11.0. The van der Waals surface area contributed by atoms with Crippen LogP contribution in [0.5, 0.6) is 0 Å². The van der Waals surface area contributed by atoms with Crippen LogP contribution >= 0.6 is 0 Å². The van der Waals surface area contributed by atoms with Crippen molar-refractivity contribution in [2.24, 2.45) is 0 Å². The Balaban J connectivity index is 2.15. The average molecular weight is 278 g/mol. The summed E-state index contributed by atoms with van der Waals surface area (Å²) < 4.78 is 0. The maximum absolute atomic E-state index is 11.0. The van der Waals surface area contributed by atoms with Crippen LogP contribution in [-0.2, 0) is 0 Å². The Bertz CT molecular complexity index is 512. The first-order valence-corrected chi connectivity index (χ1v) is 6.81. The molecule has 1 N–H and O–H groups in total. The summed E-state index contributed by atoms with van der Waals surface area (Å²) in [5.41, 5.74) is 0.854. The molecular formula is C14H22N4O2. The highest BCUT2D eigenvalue weighted by Gasteiger charge is 2.40. The van der Waals surface area contributed by atoms with E-state index in [1.165, 1.54) is 25.5 Å². The van der Waals surface area contributed by atoms with Gasteiger partial charge in [-0.05, 0) is 40.3 Å². The predicted octanol–water partition coefficient (Wildman–Crippen LogP) is 1.40. The maximum Gasteiger partial charge on any atom is 0.339 e. The van der Waals surface area contributed by atoms with Gasteiger partial charge in [-0.3, -0.25) is 0 Å². The second-order valence-electron chi connectivity index (χ2n) is 5.80. The largest absolute Gasteiger partial charge is 0.478 e. The van der Waals surface area contributed by atoms with Gasteiger partial charge < -0.3 is 14.9 Å². The predicted molar refractivity (Wildman–Crippen MR) is 77.3 cm³/mol. The molecule has 1 aromatic heterocycles. The second-order valence-corrected chi connectivity index (χ2v) is 5.80. The Morgan fingerprint density at radius 1 is 1.40 bits per heavy atom. The van der Waals surface area contributed by atoms with Crippen molar-refractivity contribution in [3.8, 4) is 0 Å². The summed E-state index contributed by atoms with van der Waals surface area (Å²) in [5.74, 6) is -0.402. The lowest BCUT2D eigenvalue weighted by Gasteiger charge is -2.49. The number of hydrogen-bond acceptors (Lipinski definition) is 5. The molecule has 0 radical (unpaired) electrons. The van der Waals surface area contributed by atoms with E-state index in [4.69, 9.17) is 5.11 Å². The van der Waals surface area contributed by atoms with E-state index < -0.39 is 5.97 Å². The number of aromatic nitrogens is 2. The Hall–Kier alpha value is -1.69. The monoisotopic (exact) mass is 278 g/mol. The summed E-state index contributed by atoms with van der Waals surface area (Å²) in [6, 6.07) is 0. The number of carbonyl (C=O) groups is 1. The summed E-state index contributed by atoms with van der Waals surface area (Å²) >= 11 is 0. The zero-order valence-electron chi connectivity index (χ0n) is 12.6. The van der Waals surface area contributed by atoms with Crippen molar-refractivity contribution in [3.05, 3.63) is 17.5 Å². The minimum Gasteiger partial charge on any atom is -0.478 e. The first-order valence-electron chi connectivity index (χ1n) is 6.81.